The van der Waals surface area contributed by atoms with Crippen molar-refractivity contribution in [1.82, 2.24) is 4.90 Å². The number of hydrogen-bond acceptors (Lipinski definition) is 4. The first kappa shape index (κ1) is 19.0. The first-order valence-corrected chi connectivity index (χ1v) is 10.6. The van der Waals surface area contributed by atoms with Gasteiger partial charge in [-0.3, -0.25) is 0 Å². The molecule has 0 atom stereocenters. The second-order valence-electron chi connectivity index (χ2n) is 7.49. The van der Waals surface area contributed by atoms with E-state index in [4.69, 9.17) is 10.5 Å². The summed E-state index contributed by atoms with van der Waals surface area (Å²) >= 11 is 3.53. The molecular formula is C20H32BrN3O. The number of likely N-dealkylation sites (tertiary alicyclic amines) is 1. The fourth-order valence-corrected chi connectivity index (χ4v) is 4.51. The Balaban J connectivity index is 1.42. The van der Waals surface area contributed by atoms with Crippen LogP contribution in [-0.4, -0.2) is 42.8 Å². The van der Waals surface area contributed by atoms with E-state index >= 15 is 0 Å². The maximum Gasteiger partial charge on any atom is 0.0587 e. The topological polar surface area (TPSA) is 50.5 Å². The van der Waals surface area contributed by atoms with E-state index in [2.05, 4.69) is 39.1 Å². The largest absolute Gasteiger partial charge is 0.397 e. The van der Waals surface area contributed by atoms with Crippen molar-refractivity contribution < 1.29 is 4.74 Å². The van der Waals surface area contributed by atoms with E-state index in [9.17, 15) is 0 Å². The fraction of sp³-hybridized carbons (Fsp3) is 0.700. The van der Waals surface area contributed by atoms with Crippen molar-refractivity contribution in [3.63, 3.8) is 0 Å². The van der Waals surface area contributed by atoms with Crippen LogP contribution in [0.1, 0.15) is 51.9 Å². The van der Waals surface area contributed by atoms with Gasteiger partial charge in [0.15, 0.2) is 0 Å². The Kier molecular flexibility index (Phi) is 7.02. The summed E-state index contributed by atoms with van der Waals surface area (Å²) < 4.78 is 7.00. The maximum atomic E-state index is 6.09. The summed E-state index contributed by atoms with van der Waals surface area (Å²) in [5.74, 6) is 0. The van der Waals surface area contributed by atoms with Gasteiger partial charge in [-0.05, 0) is 63.1 Å². The van der Waals surface area contributed by atoms with Gasteiger partial charge in [0, 0.05) is 36.3 Å². The van der Waals surface area contributed by atoms with Crippen molar-refractivity contribution >= 4 is 27.3 Å². The summed E-state index contributed by atoms with van der Waals surface area (Å²) in [4.78, 5) is 2.71. The number of rotatable bonds is 6. The molecule has 0 unspecified atom stereocenters. The van der Waals surface area contributed by atoms with Crippen molar-refractivity contribution in [3.8, 4) is 0 Å². The van der Waals surface area contributed by atoms with Gasteiger partial charge in [0.1, 0.15) is 0 Å². The van der Waals surface area contributed by atoms with Crippen molar-refractivity contribution in [3.05, 3.63) is 22.7 Å². The molecule has 2 aliphatic rings. The molecule has 1 aromatic carbocycles. The Hall–Kier alpha value is -0.780. The van der Waals surface area contributed by atoms with Gasteiger partial charge in [0.2, 0.25) is 0 Å². The summed E-state index contributed by atoms with van der Waals surface area (Å²) in [6.45, 7) is 5.49. The minimum absolute atomic E-state index is 0.509. The average Bonchev–Trinajstić information content (AvgIpc) is 2.64. The number of anilines is 2. The summed E-state index contributed by atoms with van der Waals surface area (Å²) in [5, 5.41) is 3.64. The predicted octanol–water partition coefficient (Wildman–Crippen LogP) is 4.65. The van der Waals surface area contributed by atoms with Gasteiger partial charge in [0.05, 0.1) is 17.5 Å². The maximum absolute atomic E-state index is 6.09. The second kappa shape index (κ2) is 9.24. The minimum atomic E-state index is 0.509. The van der Waals surface area contributed by atoms with Crippen molar-refractivity contribution in [2.75, 3.05) is 30.7 Å². The molecule has 1 saturated heterocycles. The molecule has 1 aliphatic heterocycles. The van der Waals surface area contributed by atoms with Crippen LogP contribution < -0.4 is 11.1 Å². The van der Waals surface area contributed by atoms with Gasteiger partial charge in [0.25, 0.3) is 0 Å². The standard InChI is InChI=1S/C20H32BrN3O/c1-2-13-25-18-6-4-17(5-7-18)24-11-9-16(10-12-24)23-20-14-15(21)3-8-19(20)22/h3,8,14,16-18,23H,2,4-7,9-13,22H2,1H3/t17-,18-. The molecule has 2 fully saturated rings. The van der Waals surface area contributed by atoms with Gasteiger partial charge in [-0.2, -0.15) is 0 Å². The molecule has 25 heavy (non-hydrogen) atoms. The molecule has 1 aliphatic carbocycles. The molecule has 140 valence electrons. The van der Waals surface area contributed by atoms with Crippen molar-refractivity contribution in [1.29, 1.82) is 0 Å². The Morgan fingerprint density at radius 1 is 1.16 bits per heavy atom. The van der Waals surface area contributed by atoms with E-state index in [1.54, 1.807) is 0 Å². The van der Waals surface area contributed by atoms with Gasteiger partial charge in [-0.15, -0.1) is 0 Å². The lowest BCUT2D eigenvalue weighted by atomic mass is 9.90. The molecule has 1 aromatic rings. The van der Waals surface area contributed by atoms with Crippen LogP contribution in [0.25, 0.3) is 0 Å². The molecule has 5 heteroatoms. The van der Waals surface area contributed by atoms with Crippen molar-refractivity contribution in [2.45, 2.75) is 70.1 Å². The Labute approximate surface area is 160 Å². The van der Waals surface area contributed by atoms with Crippen LogP contribution in [0, 0.1) is 0 Å². The van der Waals surface area contributed by atoms with Gasteiger partial charge < -0.3 is 20.7 Å². The quantitative estimate of drug-likeness (QED) is 0.671. The highest BCUT2D eigenvalue weighted by Gasteiger charge is 2.29. The molecule has 0 radical (unpaired) electrons. The number of nitrogen functional groups attached to an aromatic ring is 1. The molecule has 0 spiro atoms. The third kappa shape index (κ3) is 5.35. The number of benzene rings is 1. The Morgan fingerprint density at radius 2 is 1.88 bits per heavy atom. The van der Waals surface area contributed by atoms with Crippen molar-refractivity contribution in [2.24, 2.45) is 0 Å². The summed E-state index contributed by atoms with van der Waals surface area (Å²) in [6.07, 6.45) is 9.08. The van der Waals surface area contributed by atoms with E-state index in [1.165, 1.54) is 51.6 Å². The smallest absolute Gasteiger partial charge is 0.0587 e. The highest BCUT2D eigenvalue weighted by molar-refractivity contribution is 9.10. The summed E-state index contributed by atoms with van der Waals surface area (Å²) in [6, 6.07) is 7.32. The molecule has 1 heterocycles. The molecule has 1 saturated carbocycles. The van der Waals surface area contributed by atoms with Crippen LogP contribution in [0.4, 0.5) is 11.4 Å². The van der Waals surface area contributed by atoms with Crippen LogP contribution >= 0.6 is 15.9 Å². The molecule has 0 amide bonds. The minimum Gasteiger partial charge on any atom is -0.397 e. The molecule has 3 N–H and O–H groups in total. The summed E-state index contributed by atoms with van der Waals surface area (Å²) in [7, 11) is 0. The van der Waals surface area contributed by atoms with E-state index < -0.39 is 0 Å². The number of nitrogens with one attached hydrogen (secondary N) is 1. The Morgan fingerprint density at radius 3 is 2.56 bits per heavy atom. The number of nitrogens with zero attached hydrogens (tertiary/aromatic N) is 1. The van der Waals surface area contributed by atoms with Gasteiger partial charge in [-0.25, -0.2) is 0 Å². The normalized spacial score (nSPS) is 25.8. The zero-order valence-electron chi connectivity index (χ0n) is 15.3. The zero-order chi connectivity index (χ0) is 17.6. The number of nitrogens with two attached hydrogens (primary N) is 1. The monoisotopic (exact) mass is 409 g/mol. The highest BCUT2D eigenvalue weighted by Crippen LogP contribution is 2.29. The molecule has 3 rings (SSSR count). The third-order valence-corrected chi connectivity index (χ3v) is 6.12. The number of hydrogen-bond donors (Lipinski definition) is 2. The lowest BCUT2D eigenvalue weighted by Crippen LogP contribution is -2.46. The van der Waals surface area contributed by atoms with Crippen LogP contribution in [0.3, 0.4) is 0 Å². The van der Waals surface area contributed by atoms with E-state index in [0.29, 0.717) is 12.1 Å². The fourth-order valence-electron chi connectivity index (χ4n) is 4.14. The molecule has 0 aromatic heterocycles. The average molecular weight is 410 g/mol. The van der Waals surface area contributed by atoms with E-state index in [0.717, 1.165) is 34.9 Å². The zero-order valence-corrected chi connectivity index (χ0v) is 16.9. The van der Waals surface area contributed by atoms with E-state index in [1.807, 2.05) is 12.1 Å². The van der Waals surface area contributed by atoms with Crippen LogP contribution in [0.2, 0.25) is 0 Å². The first-order valence-electron chi connectivity index (χ1n) is 9.83. The SMILES string of the molecule is CCCO[C@H]1CC[C@H](N2CCC(Nc3cc(Br)ccc3N)CC2)CC1. The molecule has 4 nitrogen and oxygen atoms in total. The lowest BCUT2D eigenvalue weighted by molar-refractivity contribution is 0.00428. The number of halogens is 1. The highest BCUT2D eigenvalue weighted by atomic mass is 79.9. The number of piperidine rings is 1. The molecule has 0 bridgehead atoms. The van der Waals surface area contributed by atoms with Crippen LogP contribution in [-0.2, 0) is 4.74 Å². The molecular weight excluding hydrogens is 378 g/mol. The number of ether oxygens (including phenoxy) is 1. The van der Waals surface area contributed by atoms with Crippen LogP contribution in [0.15, 0.2) is 22.7 Å². The second-order valence-corrected chi connectivity index (χ2v) is 8.40. The third-order valence-electron chi connectivity index (χ3n) is 5.62. The van der Waals surface area contributed by atoms with Crippen LogP contribution in [0.5, 0.6) is 0 Å². The first-order chi connectivity index (χ1) is 12.2. The predicted molar refractivity (Wildman–Crippen MR) is 109 cm³/mol. The van der Waals surface area contributed by atoms with Gasteiger partial charge in [-0.1, -0.05) is 22.9 Å². The Bertz CT molecular complexity index is 538. The summed E-state index contributed by atoms with van der Waals surface area (Å²) in [5.41, 5.74) is 7.98. The lowest BCUT2D eigenvalue weighted by Gasteiger charge is -2.41. The van der Waals surface area contributed by atoms with Gasteiger partial charge >= 0.3 is 0 Å². The van der Waals surface area contributed by atoms with E-state index in [-0.39, 0.29) is 0 Å².